The van der Waals surface area contributed by atoms with Crippen molar-refractivity contribution in [3.63, 3.8) is 0 Å². The van der Waals surface area contributed by atoms with Gasteiger partial charge in [-0.2, -0.15) is 0 Å². The first kappa shape index (κ1) is 14.6. The summed E-state index contributed by atoms with van der Waals surface area (Å²) in [5.41, 5.74) is 5.93. The van der Waals surface area contributed by atoms with Gasteiger partial charge in [-0.05, 0) is 31.6 Å². The number of likely N-dealkylation sites (tertiary alicyclic amines) is 1. The summed E-state index contributed by atoms with van der Waals surface area (Å²) in [6, 6.07) is 0.194. The second-order valence-electron chi connectivity index (χ2n) is 6.50. The third kappa shape index (κ3) is 3.04. The highest BCUT2D eigenvalue weighted by molar-refractivity contribution is 5.75. The van der Waals surface area contributed by atoms with Crippen LogP contribution in [0.15, 0.2) is 0 Å². The number of urea groups is 1. The summed E-state index contributed by atoms with van der Waals surface area (Å²) in [7, 11) is 1.96. The molecule has 1 heterocycles. The molecule has 0 unspecified atom stereocenters. The first-order valence-electron chi connectivity index (χ1n) is 7.82. The highest BCUT2D eigenvalue weighted by Gasteiger charge is 2.39. The Morgan fingerprint density at radius 2 is 1.84 bits per heavy atom. The minimum absolute atomic E-state index is 0.0849. The van der Waals surface area contributed by atoms with Crippen molar-refractivity contribution in [2.24, 2.45) is 11.7 Å². The molecule has 110 valence electrons. The fourth-order valence-electron chi connectivity index (χ4n) is 3.50. The van der Waals surface area contributed by atoms with Crippen LogP contribution in [0.2, 0.25) is 0 Å². The van der Waals surface area contributed by atoms with Crippen LogP contribution in [0.5, 0.6) is 0 Å². The Balaban J connectivity index is 2.00. The largest absolute Gasteiger partial charge is 0.328 e. The summed E-state index contributed by atoms with van der Waals surface area (Å²) < 4.78 is 0. The van der Waals surface area contributed by atoms with Crippen LogP contribution in [0.1, 0.15) is 51.9 Å². The normalized spacial score (nSPS) is 24.3. The van der Waals surface area contributed by atoms with E-state index in [1.165, 1.54) is 19.3 Å². The van der Waals surface area contributed by atoms with Gasteiger partial charge in [-0.1, -0.05) is 26.2 Å². The number of carbonyl (C=O) groups excluding carboxylic acids is 1. The van der Waals surface area contributed by atoms with E-state index in [9.17, 15) is 4.79 Å². The summed E-state index contributed by atoms with van der Waals surface area (Å²) in [5.74, 6) is 0.757. The van der Waals surface area contributed by atoms with E-state index in [2.05, 4.69) is 6.92 Å². The van der Waals surface area contributed by atoms with Crippen molar-refractivity contribution in [3.8, 4) is 0 Å². The molecule has 4 nitrogen and oxygen atoms in total. The molecule has 1 aliphatic carbocycles. The second kappa shape index (κ2) is 6.12. The van der Waals surface area contributed by atoms with Gasteiger partial charge in [0.25, 0.3) is 0 Å². The zero-order chi connectivity index (χ0) is 13.9. The predicted molar refractivity (Wildman–Crippen MR) is 78.0 cm³/mol. The number of rotatable bonds is 2. The molecule has 1 saturated carbocycles. The van der Waals surface area contributed by atoms with Crippen molar-refractivity contribution in [2.45, 2.75) is 57.4 Å². The third-order valence-corrected chi connectivity index (χ3v) is 5.22. The van der Waals surface area contributed by atoms with Gasteiger partial charge in [-0.3, -0.25) is 0 Å². The Labute approximate surface area is 117 Å². The van der Waals surface area contributed by atoms with Gasteiger partial charge in [0.15, 0.2) is 0 Å². The Kier molecular flexibility index (Phi) is 4.71. The molecule has 0 aromatic carbocycles. The number of amides is 2. The number of likely N-dealkylation sites (N-methyl/N-ethyl adjacent to an activating group) is 1. The smallest absolute Gasteiger partial charge is 0.320 e. The molecule has 2 fully saturated rings. The minimum Gasteiger partial charge on any atom is -0.328 e. The molecule has 0 aromatic heterocycles. The summed E-state index contributed by atoms with van der Waals surface area (Å²) in [5, 5.41) is 0. The summed E-state index contributed by atoms with van der Waals surface area (Å²) >= 11 is 0. The van der Waals surface area contributed by atoms with Gasteiger partial charge in [0.2, 0.25) is 0 Å². The van der Waals surface area contributed by atoms with E-state index in [0.29, 0.717) is 6.54 Å². The van der Waals surface area contributed by atoms with Crippen LogP contribution in [0.4, 0.5) is 4.79 Å². The van der Waals surface area contributed by atoms with Crippen LogP contribution >= 0.6 is 0 Å². The van der Waals surface area contributed by atoms with E-state index in [0.717, 1.165) is 44.7 Å². The van der Waals surface area contributed by atoms with Crippen molar-refractivity contribution in [3.05, 3.63) is 0 Å². The van der Waals surface area contributed by atoms with E-state index in [1.807, 2.05) is 16.8 Å². The number of hydrogen-bond acceptors (Lipinski definition) is 2. The Morgan fingerprint density at radius 1 is 1.26 bits per heavy atom. The van der Waals surface area contributed by atoms with Gasteiger partial charge in [-0.25, -0.2) is 4.79 Å². The second-order valence-corrected chi connectivity index (χ2v) is 6.50. The molecule has 2 amide bonds. The lowest BCUT2D eigenvalue weighted by atomic mass is 9.80. The summed E-state index contributed by atoms with van der Waals surface area (Å²) in [6.07, 6.45) is 8.08. The van der Waals surface area contributed by atoms with Crippen molar-refractivity contribution in [1.82, 2.24) is 9.80 Å². The maximum absolute atomic E-state index is 12.7. The lowest BCUT2D eigenvalue weighted by Gasteiger charge is -2.46. The summed E-state index contributed by atoms with van der Waals surface area (Å²) in [4.78, 5) is 16.6. The Morgan fingerprint density at radius 3 is 2.37 bits per heavy atom. The maximum atomic E-state index is 12.7. The van der Waals surface area contributed by atoms with Crippen LogP contribution in [0, 0.1) is 5.92 Å². The standard InChI is InChI=1S/C15H29N3O/c1-13-6-10-18(11-7-13)14(19)17(2)15(12-16)8-4-3-5-9-15/h13H,3-12,16H2,1-2H3. The fraction of sp³-hybridized carbons (Fsp3) is 0.933. The van der Waals surface area contributed by atoms with Crippen LogP contribution in [0.25, 0.3) is 0 Å². The number of hydrogen-bond donors (Lipinski definition) is 1. The highest BCUT2D eigenvalue weighted by Crippen LogP contribution is 2.33. The van der Waals surface area contributed by atoms with Crippen molar-refractivity contribution in [1.29, 1.82) is 0 Å². The van der Waals surface area contributed by atoms with Crippen molar-refractivity contribution < 1.29 is 4.79 Å². The first-order valence-corrected chi connectivity index (χ1v) is 7.82. The molecule has 19 heavy (non-hydrogen) atoms. The molecule has 0 atom stereocenters. The molecule has 2 N–H and O–H groups in total. The Bertz CT molecular complexity index is 305. The van der Waals surface area contributed by atoms with E-state index < -0.39 is 0 Å². The average molecular weight is 267 g/mol. The zero-order valence-corrected chi connectivity index (χ0v) is 12.5. The van der Waals surface area contributed by atoms with E-state index >= 15 is 0 Å². The molecule has 0 bridgehead atoms. The molecule has 1 saturated heterocycles. The van der Waals surface area contributed by atoms with Gasteiger partial charge in [0.1, 0.15) is 0 Å². The van der Waals surface area contributed by atoms with Crippen molar-refractivity contribution in [2.75, 3.05) is 26.7 Å². The monoisotopic (exact) mass is 267 g/mol. The Hall–Kier alpha value is -0.770. The van der Waals surface area contributed by atoms with Gasteiger partial charge in [-0.15, -0.1) is 0 Å². The highest BCUT2D eigenvalue weighted by atomic mass is 16.2. The molecule has 1 aliphatic heterocycles. The van der Waals surface area contributed by atoms with Gasteiger partial charge in [0, 0.05) is 26.7 Å². The third-order valence-electron chi connectivity index (χ3n) is 5.22. The van der Waals surface area contributed by atoms with Crippen LogP contribution < -0.4 is 5.73 Å². The van der Waals surface area contributed by atoms with E-state index in [1.54, 1.807) is 0 Å². The lowest BCUT2D eigenvalue weighted by Crippen LogP contribution is -2.59. The average Bonchev–Trinajstić information content (AvgIpc) is 2.47. The zero-order valence-electron chi connectivity index (χ0n) is 12.5. The molecule has 2 rings (SSSR count). The van der Waals surface area contributed by atoms with Crippen LogP contribution in [-0.2, 0) is 0 Å². The van der Waals surface area contributed by atoms with E-state index in [4.69, 9.17) is 5.73 Å². The molecule has 2 aliphatic rings. The molecule has 4 heteroatoms. The number of nitrogens with two attached hydrogens (primary N) is 1. The minimum atomic E-state index is -0.0849. The number of nitrogens with zero attached hydrogens (tertiary/aromatic N) is 2. The molecular formula is C15H29N3O. The van der Waals surface area contributed by atoms with E-state index in [-0.39, 0.29) is 11.6 Å². The number of carbonyl (C=O) groups is 1. The van der Waals surface area contributed by atoms with Gasteiger partial charge in [0.05, 0.1) is 5.54 Å². The van der Waals surface area contributed by atoms with Crippen LogP contribution in [-0.4, -0.2) is 48.1 Å². The molecular weight excluding hydrogens is 238 g/mol. The van der Waals surface area contributed by atoms with Crippen molar-refractivity contribution >= 4 is 6.03 Å². The molecule has 0 spiro atoms. The van der Waals surface area contributed by atoms with Crippen LogP contribution in [0.3, 0.4) is 0 Å². The molecule has 0 radical (unpaired) electrons. The SMILES string of the molecule is CC1CCN(C(=O)N(C)C2(CN)CCCCC2)CC1. The lowest BCUT2D eigenvalue weighted by molar-refractivity contribution is 0.0724. The predicted octanol–water partition coefficient (Wildman–Crippen LogP) is 2.43. The fourth-order valence-corrected chi connectivity index (χ4v) is 3.50. The van der Waals surface area contributed by atoms with Gasteiger partial charge < -0.3 is 15.5 Å². The number of piperidine rings is 1. The first-order chi connectivity index (χ1) is 9.09. The quantitative estimate of drug-likeness (QED) is 0.835. The van der Waals surface area contributed by atoms with Gasteiger partial charge >= 0.3 is 6.03 Å². The maximum Gasteiger partial charge on any atom is 0.320 e. The molecule has 0 aromatic rings. The topological polar surface area (TPSA) is 49.6 Å². The summed E-state index contributed by atoms with van der Waals surface area (Å²) in [6.45, 7) is 4.68.